The van der Waals surface area contributed by atoms with Gasteiger partial charge in [-0.3, -0.25) is 9.59 Å². The van der Waals surface area contributed by atoms with Crippen molar-refractivity contribution < 1.29 is 9.13 Å². The van der Waals surface area contributed by atoms with Gasteiger partial charge in [0.2, 0.25) is 0 Å². The summed E-state index contributed by atoms with van der Waals surface area (Å²) in [4.78, 5) is 29.3. The van der Waals surface area contributed by atoms with Crippen LogP contribution >= 0.6 is 0 Å². The molecule has 0 amide bonds. The van der Waals surface area contributed by atoms with Gasteiger partial charge in [-0.25, -0.2) is 4.39 Å². The lowest BCUT2D eigenvalue weighted by atomic mass is 9.95. The summed E-state index contributed by atoms with van der Waals surface area (Å²) in [7, 11) is 3.09. The van der Waals surface area contributed by atoms with E-state index in [-0.39, 0.29) is 22.9 Å². The van der Waals surface area contributed by atoms with E-state index in [4.69, 9.17) is 4.74 Å². The Morgan fingerprint density at radius 2 is 1.69 bits per heavy atom. The van der Waals surface area contributed by atoms with Crippen LogP contribution in [-0.2, 0) is 7.05 Å². The van der Waals surface area contributed by atoms with Crippen molar-refractivity contribution in [1.82, 2.24) is 14.1 Å². The molecule has 3 aromatic heterocycles. The van der Waals surface area contributed by atoms with E-state index in [1.807, 2.05) is 36.5 Å². The fraction of sp³-hybridized carbons (Fsp3) is 0.172. The first-order valence-corrected chi connectivity index (χ1v) is 11.8. The van der Waals surface area contributed by atoms with E-state index in [0.717, 1.165) is 35.1 Å². The number of hydrogen-bond acceptors (Lipinski definition) is 3. The second-order valence-electron chi connectivity index (χ2n) is 9.20. The molecule has 1 aliphatic carbocycles. The highest BCUT2D eigenvalue weighted by atomic mass is 19.1. The number of hydrogen-bond donors (Lipinski definition) is 1. The Bertz CT molecular complexity index is 1740. The number of aryl methyl sites for hydroxylation is 1. The maximum atomic E-state index is 15.1. The summed E-state index contributed by atoms with van der Waals surface area (Å²) in [6.07, 6.45) is 5.65. The molecule has 0 aliphatic heterocycles. The van der Waals surface area contributed by atoms with Gasteiger partial charge in [0.05, 0.1) is 7.11 Å². The topological polar surface area (TPSA) is 69.0 Å². The highest BCUT2D eigenvalue weighted by molar-refractivity contribution is 6.00. The zero-order chi connectivity index (χ0) is 25.0. The molecule has 5 aromatic rings. The molecule has 0 unspecified atom stereocenters. The van der Waals surface area contributed by atoms with Crippen molar-refractivity contribution in [2.75, 3.05) is 7.11 Å². The van der Waals surface area contributed by atoms with Crippen molar-refractivity contribution in [2.45, 2.75) is 18.9 Å². The smallest absolute Gasteiger partial charge is 0.274 e. The lowest BCUT2D eigenvalue weighted by Gasteiger charge is -2.15. The van der Waals surface area contributed by atoms with Gasteiger partial charge in [-0.1, -0.05) is 36.4 Å². The first kappa shape index (κ1) is 22.1. The number of fused-ring (bicyclic) bond motifs is 1. The monoisotopic (exact) mass is 481 g/mol. The SMILES string of the molecule is COc1cccc(-c2cc3c(-c4cc(=O)n(C5CC5)cc4-c4ccccc4)cn(C)c(=O)c3[nH]2)c1F. The highest BCUT2D eigenvalue weighted by Gasteiger charge is 2.26. The molecular weight excluding hydrogens is 457 g/mol. The molecule has 1 aliphatic rings. The third-order valence-electron chi connectivity index (χ3n) is 6.83. The van der Waals surface area contributed by atoms with Crippen molar-refractivity contribution >= 4 is 10.9 Å². The Morgan fingerprint density at radius 3 is 2.42 bits per heavy atom. The van der Waals surface area contributed by atoms with Crippen molar-refractivity contribution in [3.8, 4) is 39.3 Å². The number of nitrogens with zero attached hydrogens (tertiary/aromatic N) is 2. The Balaban J connectivity index is 1.65. The van der Waals surface area contributed by atoms with Crippen molar-refractivity contribution in [2.24, 2.45) is 7.05 Å². The number of aromatic amines is 1. The fourth-order valence-corrected chi connectivity index (χ4v) is 4.83. The third-order valence-corrected chi connectivity index (χ3v) is 6.83. The zero-order valence-corrected chi connectivity index (χ0v) is 19.9. The summed E-state index contributed by atoms with van der Waals surface area (Å²) in [6.45, 7) is 0. The van der Waals surface area contributed by atoms with E-state index >= 15 is 4.39 Å². The van der Waals surface area contributed by atoms with Crippen LogP contribution in [0.3, 0.4) is 0 Å². The van der Waals surface area contributed by atoms with E-state index in [9.17, 15) is 9.59 Å². The van der Waals surface area contributed by atoms with Crippen LogP contribution in [0.4, 0.5) is 4.39 Å². The molecular formula is C29H24FN3O3. The number of ether oxygens (including phenoxy) is 1. The third kappa shape index (κ3) is 3.55. The van der Waals surface area contributed by atoms with E-state index in [0.29, 0.717) is 22.2 Å². The van der Waals surface area contributed by atoms with Gasteiger partial charge in [0.1, 0.15) is 5.52 Å². The molecule has 0 saturated heterocycles. The number of methoxy groups -OCH3 is 1. The van der Waals surface area contributed by atoms with Gasteiger partial charge in [-0.15, -0.1) is 0 Å². The van der Waals surface area contributed by atoms with E-state index < -0.39 is 5.82 Å². The molecule has 7 heteroatoms. The maximum Gasteiger partial charge on any atom is 0.274 e. The van der Waals surface area contributed by atoms with E-state index in [2.05, 4.69) is 4.98 Å². The van der Waals surface area contributed by atoms with Crippen LogP contribution < -0.4 is 15.9 Å². The molecule has 36 heavy (non-hydrogen) atoms. The summed E-state index contributed by atoms with van der Waals surface area (Å²) >= 11 is 0. The number of nitrogens with one attached hydrogen (secondary N) is 1. The molecule has 0 spiro atoms. The predicted molar refractivity (Wildman–Crippen MR) is 139 cm³/mol. The Morgan fingerprint density at radius 1 is 0.917 bits per heavy atom. The van der Waals surface area contributed by atoms with Crippen molar-refractivity contribution in [1.29, 1.82) is 0 Å². The number of halogens is 1. The Kier molecular flexibility index (Phi) is 5.14. The van der Waals surface area contributed by atoms with Gasteiger partial charge in [-0.2, -0.15) is 0 Å². The fourth-order valence-electron chi connectivity index (χ4n) is 4.83. The first-order chi connectivity index (χ1) is 17.5. The van der Waals surface area contributed by atoms with Gasteiger partial charge in [0.25, 0.3) is 11.1 Å². The lowest BCUT2D eigenvalue weighted by molar-refractivity contribution is 0.387. The lowest BCUT2D eigenvalue weighted by Crippen LogP contribution is -2.19. The average molecular weight is 482 g/mol. The summed E-state index contributed by atoms with van der Waals surface area (Å²) in [5.74, 6) is -0.392. The van der Waals surface area contributed by atoms with Crippen LogP contribution in [-0.4, -0.2) is 21.2 Å². The molecule has 0 atom stereocenters. The van der Waals surface area contributed by atoms with Gasteiger partial charge in [-0.05, 0) is 42.2 Å². The van der Waals surface area contributed by atoms with Crippen molar-refractivity contribution in [3.63, 3.8) is 0 Å². The largest absolute Gasteiger partial charge is 0.494 e. The molecule has 6 rings (SSSR count). The van der Waals surface area contributed by atoms with Crippen LogP contribution in [0.25, 0.3) is 44.4 Å². The summed E-state index contributed by atoms with van der Waals surface area (Å²) < 4.78 is 23.5. The van der Waals surface area contributed by atoms with Gasteiger partial charge < -0.3 is 18.9 Å². The van der Waals surface area contributed by atoms with Crippen molar-refractivity contribution in [3.05, 3.63) is 99.6 Å². The van der Waals surface area contributed by atoms with Crippen LogP contribution in [0, 0.1) is 5.82 Å². The number of aromatic nitrogens is 3. The predicted octanol–water partition coefficient (Wildman–Crippen LogP) is 5.51. The number of pyridine rings is 2. The minimum Gasteiger partial charge on any atom is -0.494 e. The molecule has 3 heterocycles. The van der Waals surface area contributed by atoms with Gasteiger partial charge in [0.15, 0.2) is 11.6 Å². The van der Waals surface area contributed by atoms with Crippen LogP contribution in [0.1, 0.15) is 18.9 Å². The second kappa shape index (κ2) is 8.37. The molecule has 1 saturated carbocycles. The molecule has 6 nitrogen and oxygen atoms in total. The van der Waals surface area contributed by atoms with Gasteiger partial charge >= 0.3 is 0 Å². The molecule has 1 fully saturated rings. The minimum absolute atomic E-state index is 0.0798. The Labute approximate surface area is 206 Å². The quantitative estimate of drug-likeness (QED) is 0.360. The molecule has 180 valence electrons. The minimum atomic E-state index is -0.512. The zero-order valence-electron chi connectivity index (χ0n) is 19.9. The molecule has 0 radical (unpaired) electrons. The molecule has 1 N–H and O–H groups in total. The molecule has 0 bridgehead atoms. The second-order valence-corrected chi connectivity index (χ2v) is 9.20. The number of benzene rings is 2. The van der Waals surface area contributed by atoms with E-state index in [1.54, 1.807) is 48.1 Å². The normalized spacial score (nSPS) is 13.3. The standard InChI is InChI=1S/C29H24FN3O3/c1-32-15-23(20-14-26(34)33(18-11-12-18)16-22(20)17-7-4-3-5-8-17)21-13-24(31-28(21)29(32)35)19-9-6-10-25(36-2)27(19)30/h3-10,13-16,18,31H,11-12H2,1-2H3. The summed E-state index contributed by atoms with van der Waals surface area (Å²) in [6, 6.07) is 18.4. The molecule has 2 aromatic carbocycles. The van der Waals surface area contributed by atoms with Crippen LogP contribution in [0.5, 0.6) is 5.75 Å². The number of H-pyrrole nitrogens is 1. The first-order valence-electron chi connectivity index (χ1n) is 11.8. The van der Waals surface area contributed by atoms with Crippen LogP contribution in [0.15, 0.2) is 82.6 Å². The Hall–Kier alpha value is -4.39. The summed E-state index contributed by atoms with van der Waals surface area (Å²) in [5.41, 5.74) is 4.09. The number of rotatable bonds is 5. The van der Waals surface area contributed by atoms with Gasteiger partial charge in [0, 0.05) is 59.3 Å². The average Bonchev–Trinajstić information content (AvgIpc) is 3.64. The summed E-state index contributed by atoms with van der Waals surface area (Å²) in [5, 5.41) is 0.621. The van der Waals surface area contributed by atoms with E-state index in [1.165, 1.54) is 11.7 Å². The highest BCUT2D eigenvalue weighted by Crippen LogP contribution is 2.39. The maximum absolute atomic E-state index is 15.1. The van der Waals surface area contributed by atoms with Crippen LogP contribution in [0.2, 0.25) is 0 Å².